The summed E-state index contributed by atoms with van der Waals surface area (Å²) >= 11 is 0. The van der Waals surface area contributed by atoms with E-state index in [-0.39, 0.29) is 23.1 Å². The third-order valence-electron chi connectivity index (χ3n) is 5.55. The lowest BCUT2D eigenvalue weighted by molar-refractivity contribution is 0.0880. The summed E-state index contributed by atoms with van der Waals surface area (Å²) in [4.78, 5) is 29.3. The van der Waals surface area contributed by atoms with Gasteiger partial charge in [0.15, 0.2) is 11.4 Å². The third kappa shape index (κ3) is 4.54. The van der Waals surface area contributed by atoms with Crippen LogP contribution in [0.5, 0.6) is 0 Å². The largest absolute Gasteiger partial charge is 0.443 e. The predicted molar refractivity (Wildman–Crippen MR) is 125 cm³/mol. The van der Waals surface area contributed by atoms with Crippen LogP contribution in [0.2, 0.25) is 0 Å². The number of nitrogens with zero attached hydrogens (tertiary/aromatic N) is 3. The highest BCUT2D eigenvalue weighted by Crippen LogP contribution is 2.34. The maximum atomic E-state index is 13.4. The molecule has 4 rings (SSSR count). The van der Waals surface area contributed by atoms with E-state index in [4.69, 9.17) is 10.2 Å². The zero-order valence-electron chi connectivity index (χ0n) is 19.4. The van der Waals surface area contributed by atoms with Crippen molar-refractivity contribution < 1.29 is 18.4 Å². The summed E-state index contributed by atoms with van der Waals surface area (Å²) in [5.41, 5.74) is 6.79. The maximum Gasteiger partial charge on any atom is 0.273 e. The normalized spacial score (nSPS) is 12.6. The summed E-state index contributed by atoms with van der Waals surface area (Å²) in [5, 5.41) is 8.22. The summed E-state index contributed by atoms with van der Waals surface area (Å²) in [6.07, 6.45) is 0. The lowest BCUT2D eigenvalue weighted by atomic mass is 9.86. The quantitative estimate of drug-likeness (QED) is 0.446. The van der Waals surface area contributed by atoms with Gasteiger partial charge in [-0.05, 0) is 36.1 Å². The molecule has 0 saturated carbocycles. The molecule has 0 aliphatic rings. The molecule has 0 spiro atoms. The Morgan fingerprint density at radius 3 is 2.41 bits per heavy atom. The van der Waals surface area contributed by atoms with E-state index in [0.29, 0.717) is 17.7 Å². The minimum atomic E-state index is -0.697. The smallest absolute Gasteiger partial charge is 0.273 e. The number of carbonyl (C=O) groups excluding carboxylic acids is 2. The monoisotopic (exact) mass is 463 g/mol. The first-order chi connectivity index (χ1) is 16.0. The van der Waals surface area contributed by atoms with Gasteiger partial charge in [-0.1, -0.05) is 51.1 Å². The number of benzene rings is 2. The molecule has 2 heterocycles. The molecule has 8 nitrogen and oxygen atoms in total. The molecule has 34 heavy (non-hydrogen) atoms. The topological polar surface area (TPSA) is 116 Å². The third-order valence-corrected chi connectivity index (χ3v) is 5.55. The molecule has 0 fully saturated rings. The van der Waals surface area contributed by atoms with Crippen molar-refractivity contribution in [1.29, 1.82) is 0 Å². The number of fused-ring (bicyclic) bond motifs is 1. The number of carbonyl (C=O) groups is 2. The van der Waals surface area contributed by atoms with Crippen LogP contribution in [0.15, 0.2) is 52.9 Å². The molecule has 0 radical (unpaired) electrons. The van der Waals surface area contributed by atoms with E-state index < -0.39 is 23.3 Å². The van der Waals surface area contributed by atoms with Gasteiger partial charge in [-0.2, -0.15) is 5.10 Å². The first kappa shape index (κ1) is 23.2. The number of hydrogen-bond acceptors (Lipinski definition) is 5. The number of rotatable bonds is 6. The van der Waals surface area contributed by atoms with Gasteiger partial charge >= 0.3 is 0 Å². The second-order valence-electron chi connectivity index (χ2n) is 9.24. The molecule has 0 aliphatic heterocycles. The second-order valence-corrected chi connectivity index (χ2v) is 9.24. The first-order valence-corrected chi connectivity index (χ1v) is 10.8. The SMILES string of the molecule is Cc1oc(C(NC(=O)c2nn(Cc3ccc(F)cc3)c3ccccc23)C(C)(C)C)nc1C(N)=O. The fraction of sp³-hybridized carbons (Fsp3) is 0.280. The minimum absolute atomic E-state index is 0.0347. The highest BCUT2D eigenvalue weighted by Gasteiger charge is 2.34. The summed E-state index contributed by atoms with van der Waals surface area (Å²) < 4.78 is 20.7. The average Bonchev–Trinajstić information content (AvgIpc) is 3.33. The van der Waals surface area contributed by atoms with E-state index in [9.17, 15) is 14.0 Å². The minimum Gasteiger partial charge on any atom is -0.443 e. The van der Waals surface area contributed by atoms with Gasteiger partial charge in [0, 0.05) is 5.39 Å². The molecule has 1 unspecified atom stereocenters. The van der Waals surface area contributed by atoms with Crippen molar-refractivity contribution >= 4 is 22.7 Å². The zero-order chi connectivity index (χ0) is 24.6. The average molecular weight is 464 g/mol. The van der Waals surface area contributed by atoms with Crippen LogP contribution in [0, 0.1) is 18.2 Å². The maximum absolute atomic E-state index is 13.4. The van der Waals surface area contributed by atoms with Gasteiger partial charge < -0.3 is 15.5 Å². The van der Waals surface area contributed by atoms with E-state index in [1.165, 1.54) is 12.1 Å². The zero-order valence-corrected chi connectivity index (χ0v) is 19.4. The van der Waals surface area contributed by atoms with Crippen LogP contribution in [-0.4, -0.2) is 26.6 Å². The number of nitrogens with one attached hydrogen (secondary N) is 1. The Bertz CT molecular complexity index is 1370. The van der Waals surface area contributed by atoms with Crippen molar-refractivity contribution in [3.8, 4) is 0 Å². The molecule has 4 aromatic rings. The first-order valence-electron chi connectivity index (χ1n) is 10.8. The molecule has 1 atom stereocenters. The van der Waals surface area contributed by atoms with Crippen LogP contribution in [0.1, 0.15) is 65.0 Å². The lowest BCUT2D eigenvalue weighted by Gasteiger charge is -2.28. The summed E-state index contributed by atoms with van der Waals surface area (Å²) in [6, 6.07) is 12.9. The fourth-order valence-corrected chi connectivity index (χ4v) is 3.80. The van der Waals surface area contributed by atoms with Crippen LogP contribution in [0.25, 0.3) is 10.9 Å². The lowest BCUT2D eigenvalue weighted by Crippen LogP contribution is -2.37. The molecular weight excluding hydrogens is 437 g/mol. The van der Waals surface area contributed by atoms with Crippen molar-refractivity contribution in [2.24, 2.45) is 11.1 Å². The van der Waals surface area contributed by atoms with Crippen molar-refractivity contribution in [3.63, 3.8) is 0 Å². The van der Waals surface area contributed by atoms with Crippen molar-refractivity contribution in [2.75, 3.05) is 0 Å². The van der Waals surface area contributed by atoms with Gasteiger partial charge in [0.2, 0.25) is 5.89 Å². The number of nitrogens with two attached hydrogens (primary N) is 1. The van der Waals surface area contributed by atoms with Crippen molar-refractivity contribution in [3.05, 3.63) is 83.0 Å². The second kappa shape index (κ2) is 8.74. The van der Waals surface area contributed by atoms with Gasteiger partial charge in [-0.15, -0.1) is 0 Å². The van der Waals surface area contributed by atoms with E-state index in [1.807, 2.05) is 45.0 Å². The number of para-hydroxylation sites is 1. The molecule has 9 heteroatoms. The molecular formula is C25H26FN5O3. The Morgan fingerprint density at radius 2 is 1.79 bits per heavy atom. The van der Waals surface area contributed by atoms with E-state index in [0.717, 1.165) is 11.1 Å². The molecule has 0 saturated heterocycles. The van der Waals surface area contributed by atoms with Crippen LogP contribution in [0.3, 0.4) is 0 Å². The van der Waals surface area contributed by atoms with Crippen LogP contribution >= 0.6 is 0 Å². The standard InChI is InChI=1S/C25H26FN5O3/c1-14-19(22(27)32)28-24(34-14)21(25(2,3)4)29-23(33)20-17-7-5-6-8-18(17)31(30-20)13-15-9-11-16(26)12-10-15/h5-12,21H,13H2,1-4H3,(H2,27,32)(H,29,33). The van der Waals surface area contributed by atoms with E-state index in [2.05, 4.69) is 15.4 Å². The van der Waals surface area contributed by atoms with Crippen LogP contribution < -0.4 is 11.1 Å². The number of amides is 2. The van der Waals surface area contributed by atoms with Gasteiger partial charge in [0.1, 0.15) is 17.6 Å². The fourth-order valence-electron chi connectivity index (χ4n) is 3.80. The summed E-state index contributed by atoms with van der Waals surface area (Å²) in [5.74, 6) is -0.937. The van der Waals surface area contributed by atoms with Gasteiger partial charge in [-0.25, -0.2) is 9.37 Å². The van der Waals surface area contributed by atoms with Gasteiger partial charge in [-0.3, -0.25) is 14.3 Å². The van der Waals surface area contributed by atoms with Gasteiger partial charge in [0.25, 0.3) is 11.8 Å². The van der Waals surface area contributed by atoms with E-state index >= 15 is 0 Å². The Morgan fingerprint density at radius 1 is 1.12 bits per heavy atom. The molecule has 0 bridgehead atoms. The Balaban J connectivity index is 1.69. The Hall–Kier alpha value is -4.01. The number of hydrogen-bond donors (Lipinski definition) is 2. The highest BCUT2D eigenvalue weighted by atomic mass is 19.1. The molecule has 2 amide bonds. The molecule has 176 valence electrons. The molecule has 2 aromatic carbocycles. The Kier molecular flexibility index (Phi) is 5.95. The van der Waals surface area contributed by atoms with Crippen LogP contribution in [0.4, 0.5) is 4.39 Å². The molecule has 2 aromatic heterocycles. The summed E-state index contributed by atoms with van der Waals surface area (Å²) in [7, 11) is 0. The van der Waals surface area contributed by atoms with Crippen molar-refractivity contribution in [1.82, 2.24) is 20.1 Å². The summed E-state index contributed by atoms with van der Waals surface area (Å²) in [6.45, 7) is 7.74. The number of aryl methyl sites for hydroxylation is 1. The number of oxazole rings is 1. The number of primary amides is 1. The molecule has 3 N–H and O–H groups in total. The van der Waals surface area contributed by atoms with Crippen LogP contribution in [-0.2, 0) is 6.54 Å². The number of aromatic nitrogens is 3. The van der Waals surface area contributed by atoms with E-state index in [1.54, 1.807) is 23.7 Å². The number of halogens is 1. The predicted octanol–water partition coefficient (Wildman–Crippen LogP) is 4.14. The highest BCUT2D eigenvalue weighted by molar-refractivity contribution is 6.05. The van der Waals surface area contributed by atoms with Crippen molar-refractivity contribution in [2.45, 2.75) is 40.3 Å². The van der Waals surface area contributed by atoms with Gasteiger partial charge in [0.05, 0.1) is 12.1 Å². The molecule has 0 aliphatic carbocycles. The Labute approximate surface area is 196 Å².